The Balaban J connectivity index is 1.68. The zero-order valence-electron chi connectivity index (χ0n) is 12.0. The van der Waals surface area contributed by atoms with Crippen LogP contribution in [0.1, 0.15) is 6.42 Å². The first-order valence-corrected chi connectivity index (χ1v) is 9.02. The van der Waals surface area contributed by atoms with Crippen LogP contribution < -0.4 is 5.32 Å². The van der Waals surface area contributed by atoms with E-state index < -0.39 is 15.8 Å². The molecule has 0 spiro atoms. The third kappa shape index (κ3) is 3.36. The van der Waals surface area contributed by atoms with Crippen LogP contribution in [0, 0.1) is 5.92 Å². The van der Waals surface area contributed by atoms with E-state index in [2.05, 4.69) is 5.32 Å². The van der Waals surface area contributed by atoms with Crippen LogP contribution in [-0.2, 0) is 14.6 Å². The average molecular weight is 315 g/mol. The molecule has 22 heavy (non-hydrogen) atoms. The SMILES string of the molecule is O=C(Nc1ccc(-c2ccccc2)cc1)[C@H]1CCS(=O)(=O)C1. The van der Waals surface area contributed by atoms with E-state index >= 15 is 0 Å². The first-order chi connectivity index (χ1) is 10.5. The summed E-state index contributed by atoms with van der Waals surface area (Å²) in [7, 11) is -3.04. The summed E-state index contributed by atoms with van der Waals surface area (Å²) in [5.41, 5.74) is 2.87. The third-order valence-corrected chi connectivity index (χ3v) is 5.63. The van der Waals surface area contributed by atoms with Gasteiger partial charge < -0.3 is 5.32 Å². The molecule has 114 valence electrons. The van der Waals surface area contributed by atoms with E-state index in [1.165, 1.54) is 0 Å². The van der Waals surface area contributed by atoms with Gasteiger partial charge in [-0.3, -0.25) is 4.79 Å². The number of rotatable bonds is 3. The predicted molar refractivity (Wildman–Crippen MR) is 87.3 cm³/mol. The van der Waals surface area contributed by atoms with Crippen LogP contribution >= 0.6 is 0 Å². The summed E-state index contributed by atoms with van der Waals surface area (Å²) in [6, 6.07) is 17.5. The molecule has 1 atom stereocenters. The van der Waals surface area contributed by atoms with Gasteiger partial charge in [0.05, 0.1) is 17.4 Å². The molecule has 0 aliphatic carbocycles. The zero-order chi connectivity index (χ0) is 15.6. The number of benzene rings is 2. The van der Waals surface area contributed by atoms with Gasteiger partial charge in [-0.2, -0.15) is 0 Å². The van der Waals surface area contributed by atoms with E-state index in [4.69, 9.17) is 0 Å². The van der Waals surface area contributed by atoms with Crippen molar-refractivity contribution in [2.45, 2.75) is 6.42 Å². The van der Waals surface area contributed by atoms with Crippen LogP contribution in [0.25, 0.3) is 11.1 Å². The number of anilines is 1. The van der Waals surface area contributed by atoms with Gasteiger partial charge in [0, 0.05) is 5.69 Å². The lowest BCUT2D eigenvalue weighted by Crippen LogP contribution is -2.23. The number of amides is 1. The molecule has 2 aromatic rings. The lowest BCUT2D eigenvalue weighted by atomic mass is 10.1. The first-order valence-electron chi connectivity index (χ1n) is 7.20. The number of carbonyl (C=O) groups excluding carboxylic acids is 1. The van der Waals surface area contributed by atoms with E-state index in [0.29, 0.717) is 12.1 Å². The van der Waals surface area contributed by atoms with E-state index in [0.717, 1.165) is 11.1 Å². The van der Waals surface area contributed by atoms with Crippen molar-refractivity contribution in [1.29, 1.82) is 0 Å². The quantitative estimate of drug-likeness (QED) is 0.947. The zero-order valence-corrected chi connectivity index (χ0v) is 12.8. The van der Waals surface area contributed by atoms with Crippen LogP contribution in [0.5, 0.6) is 0 Å². The monoisotopic (exact) mass is 315 g/mol. The Morgan fingerprint density at radius 2 is 1.59 bits per heavy atom. The summed E-state index contributed by atoms with van der Waals surface area (Å²) in [6.07, 6.45) is 0.413. The van der Waals surface area contributed by atoms with Crippen molar-refractivity contribution in [3.05, 3.63) is 54.6 Å². The van der Waals surface area contributed by atoms with Crippen molar-refractivity contribution in [3.63, 3.8) is 0 Å². The summed E-state index contributed by atoms with van der Waals surface area (Å²) < 4.78 is 22.8. The molecule has 0 bridgehead atoms. The number of carbonyl (C=O) groups is 1. The first kappa shape index (κ1) is 14.8. The second-order valence-corrected chi connectivity index (χ2v) is 7.76. The van der Waals surface area contributed by atoms with Gasteiger partial charge in [-0.05, 0) is 29.7 Å². The molecule has 2 aromatic carbocycles. The Morgan fingerprint density at radius 3 is 2.18 bits per heavy atom. The minimum atomic E-state index is -3.04. The van der Waals surface area contributed by atoms with E-state index in [1.54, 1.807) is 0 Å². The molecule has 0 radical (unpaired) electrons. The Hall–Kier alpha value is -2.14. The molecule has 0 aromatic heterocycles. The molecular formula is C17H17NO3S. The van der Waals surface area contributed by atoms with Crippen LogP contribution in [0.15, 0.2) is 54.6 Å². The van der Waals surface area contributed by atoms with Gasteiger partial charge in [-0.1, -0.05) is 42.5 Å². The third-order valence-electron chi connectivity index (χ3n) is 3.86. The van der Waals surface area contributed by atoms with Crippen molar-refractivity contribution < 1.29 is 13.2 Å². The molecule has 0 saturated carbocycles. The molecule has 1 aliphatic rings. The maximum absolute atomic E-state index is 12.1. The summed E-state index contributed by atoms with van der Waals surface area (Å²) in [4.78, 5) is 12.1. The Morgan fingerprint density at radius 1 is 0.955 bits per heavy atom. The molecule has 1 amide bonds. The van der Waals surface area contributed by atoms with E-state index in [9.17, 15) is 13.2 Å². The summed E-state index contributed by atoms with van der Waals surface area (Å²) in [6.45, 7) is 0. The van der Waals surface area contributed by atoms with Crippen molar-refractivity contribution in [2.75, 3.05) is 16.8 Å². The van der Waals surface area contributed by atoms with Gasteiger partial charge in [0.2, 0.25) is 5.91 Å². The van der Waals surface area contributed by atoms with Gasteiger partial charge in [-0.15, -0.1) is 0 Å². The summed E-state index contributed by atoms with van der Waals surface area (Å²) >= 11 is 0. The highest BCUT2D eigenvalue weighted by atomic mass is 32.2. The summed E-state index contributed by atoms with van der Waals surface area (Å²) in [5, 5.41) is 2.80. The van der Waals surface area contributed by atoms with Crippen molar-refractivity contribution in [2.24, 2.45) is 5.92 Å². The van der Waals surface area contributed by atoms with Gasteiger partial charge in [0.25, 0.3) is 0 Å². The molecule has 1 aliphatic heterocycles. The molecule has 1 heterocycles. The Labute approximate surface area is 130 Å². The molecule has 3 rings (SSSR count). The number of hydrogen-bond acceptors (Lipinski definition) is 3. The van der Waals surface area contributed by atoms with Crippen LogP contribution in [0.4, 0.5) is 5.69 Å². The molecule has 1 saturated heterocycles. The van der Waals surface area contributed by atoms with Gasteiger partial charge in [-0.25, -0.2) is 8.42 Å². The highest BCUT2D eigenvalue weighted by molar-refractivity contribution is 7.91. The molecule has 4 nitrogen and oxygen atoms in total. The number of nitrogens with one attached hydrogen (secondary N) is 1. The van der Waals surface area contributed by atoms with E-state index in [1.807, 2.05) is 54.6 Å². The maximum Gasteiger partial charge on any atom is 0.228 e. The predicted octanol–water partition coefficient (Wildman–Crippen LogP) is 2.73. The van der Waals surface area contributed by atoms with Crippen LogP contribution in [0.2, 0.25) is 0 Å². The molecule has 5 heteroatoms. The Bertz CT molecular complexity index is 767. The fourth-order valence-corrected chi connectivity index (χ4v) is 4.36. The van der Waals surface area contributed by atoms with Crippen LogP contribution in [-0.4, -0.2) is 25.8 Å². The molecular weight excluding hydrogens is 298 g/mol. The molecule has 1 N–H and O–H groups in total. The minimum Gasteiger partial charge on any atom is -0.326 e. The fraction of sp³-hybridized carbons (Fsp3) is 0.235. The summed E-state index contributed by atoms with van der Waals surface area (Å²) in [5.74, 6) is -0.578. The minimum absolute atomic E-state index is 0.0407. The largest absolute Gasteiger partial charge is 0.326 e. The van der Waals surface area contributed by atoms with Crippen molar-refractivity contribution in [1.82, 2.24) is 0 Å². The maximum atomic E-state index is 12.1. The number of sulfone groups is 1. The second kappa shape index (κ2) is 5.93. The Kier molecular flexibility index (Phi) is 3.98. The highest BCUT2D eigenvalue weighted by Crippen LogP contribution is 2.23. The lowest BCUT2D eigenvalue weighted by Gasteiger charge is -2.10. The fourth-order valence-electron chi connectivity index (χ4n) is 2.62. The van der Waals surface area contributed by atoms with Gasteiger partial charge >= 0.3 is 0 Å². The molecule has 1 fully saturated rings. The van der Waals surface area contributed by atoms with E-state index in [-0.39, 0.29) is 17.4 Å². The highest BCUT2D eigenvalue weighted by Gasteiger charge is 2.32. The standard InChI is InChI=1S/C17H17NO3S/c19-17(15-10-11-22(20,21)12-15)18-16-8-6-14(7-9-16)13-4-2-1-3-5-13/h1-9,15H,10-12H2,(H,18,19)/t15-/m0/s1. The van der Waals surface area contributed by atoms with Crippen molar-refractivity contribution >= 4 is 21.4 Å². The number of hydrogen-bond donors (Lipinski definition) is 1. The smallest absolute Gasteiger partial charge is 0.228 e. The topological polar surface area (TPSA) is 63.2 Å². The normalized spacial score (nSPS) is 19.7. The van der Waals surface area contributed by atoms with Gasteiger partial charge in [0.1, 0.15) is 0 Å². The second-order valence-electron chi connectivity index (χ2n) is 5.53. The van der Waals surface area contributed by atoms with Gasteiger partial charge in [0.15, 0.2) is 9.84 Å². The van der Waals surface area contributed by atoms with Crippen LogP contribution in [0.3, 0.4) is 0 Å². The average Bonchev–Trinajstić information content (AvgIpc) is 2.89. The van der Waals surface area contributed by atoms with Crippen molar-refractivity contribution in [3.8, 4) is 11.1 Å². The lowest BCUT2D eigenvalue weighted by molar-refractivity contribution is -0.119. The molecule has 0 unspecified atom stereocenters.